The number of nitrogens with one attached hydrogen (secondary N) is 3. The van der Waals surface area contributed by atoms with Crippen molar-refractivity contribution in [1.82, 2.24) is 20.5 Å². The molecule has 0 bridgehead atoms. The Hall–Kier alpha value is -3.40. The van der Waals surface area contributed by atoms with Gasteiger partial charge >= 0.3 is 0 Å². The average molecular weight is 579 g/mol. The van der Waals surface area contributed by atoms with Crippen molar-refractivity contribution in [2.24, 2.45) is 5.92 Å². The summed E-state index contributed by atoms with van der Waals surface area (Å²) < 4.78 is 5.91. The Balaban J connectivity index is 1.07. The molecule has 1 fully saturated rings. The summed E-state index contributed by atoms with van der Waals surface area (Å²) in [5.41, 5.74) is 1.33. The van der Waals surface area contributed by atoms with Crippen molar-refractivity contribution in [3.05, 3.63) is 70.0 Å². The molecule has 4 rings (SSSR count). The van der Waals surface area contributed by atoms with E-state index in [1.165, 1.54) is 12.1 Å². The van der Waals surface area contributed by atoms with Gasteiger partial charge in [-0.1, -0.05) is 25.0 Å². The highest BCUT2D eigenvalue weighted by Gasteiger charge is 2.21. The van der Waals surface area contributed by atoms with Crippen LogP contribution in [0.5, 0.6) is 11.5 Å². The third-order valence-corrected chi connectivity index (χ3v) is 8.15. The summed E-state index contributed by atoms with van der Waals surface area (Å²) in [6.07, 6.45) is 5.45. The average Bonchev–Trinajstić information content (AvgIpc) is 2.99. The van der Waals surface area contributed by atoms with Crippen LogP contribution in [0.25, 0.3) is 10.9 Å². The number of aliphatic hydroxyl groups is 1. The van der Waals surface area contributed by atoms with Crippen LogP contribution in [0, 0.1) is 5.92 Å². The van der Waals surface area contributed by atoms with Crippen LogP contribution in [0.15, 0.2) is 53.3 Å². The molecule has 1 saturated heterocycles. The number of carbonyl (C=O) groups is 1. The number of hydrogen-bond donors (Lipinski definition) is 5. The number of aromatic nitrogens is 1. The molecule has 1 aliphatic rings. The zero-order chi connectivity index (χ0) is 29.9. The lowest BCUT2D eigenvalue weighted by Gasteiger charge is -2.34. The van der Waals surface area contributed by atoms with Gasteiger partial charge in [-0.3, -0.25) is 9.59 Å². The number of aromatic hydroxyl groups is 1. The van der Waals surface area contributed by atoms with E-state index in [0.717, 1.165) is 70.5 Å². The van der Waals surface area contributed by atoms with Crippen molar-refractivity contribution in [3.63, 3.8) is 0 Å². The number of aromatic amines is 1. The second kappa shape index (κ2) is 15.7. The predicted molar refractivity (Wildman–Crippen MR) is 166 cm³/mol. The number of piperidine rings is 1. The van der Waals surface area contributed by atoms with Crippen molar-refractivity contribution in [3.8, 4) is 11.5 Å². The number of hydrogen-bond acceptors (Lipinski definition) is 7. The molecule has 9 nitrogen and oxygen atoms in total. The number of pyridine rings is 1. The molecule has 0 unspecified atom stereocenters. The van der Waals surface area contributed by atoms with Gasteiger partial charge in [0.15, 0.2) is 0 Å². The SMILES string of the molecule is CC(C)N1CCC(CNC(=O)c2cccc(OCCCCCCNC[C@H](O)c3ccc(O)c4[nH]c(=O)ccc34)c2)CC1. The van der Waals surface area contributed by atoms with Crippen molar-refractivity contribution in [1.29, 1.82) is 0 Å². The Labute approximate surface area is 248 Å². The molecule has 0 saturated carbocycles. The molecular weight excluding hydrogens is 532 g/mol. The Bertz CT molecular complexity index is 1350. The van der Waals surface area contributed by atoms with Gasteiger partial charge in [0.25, 0.3) is 5.91 Å². The lowest BCUT2D eigenvalue weighted by atomic mass is 9.96. The molecule has 1 aliphatic heterocycles. The highest BCUT2D eigenvalue weighted by Crippen LogP contribution is 2.28. The lowest BCUT2D eigenvalue weighted by Crippen LogP contribution is -2.41. The van der Waals surface area contributed by atoms with Crippen molar-refractivity contribution in [2.75, 3.05) is 39.3 Å². The van der Waals surface area contributed by atoms with Gasteiger partial charge in [-0.2, -0.15) is 0 Å². The Kier molecular flexibility index (Phi) is 11.8. The van der Waals surface area contributed by atoms with Gasteiger partial charge in [-0.05, 0) is 101 Å². The van der Waals surface area contributed by atoms with E-state index in [9.17, 15) is 19.8 Å². The molecule has 1 atom stereocenters. The first kappa shape index (κ1) is 31.5. The molecule has 228 valence electrons. The molecule has 0 spiro atoms. The highest BCUT2D eigenvalue weighted by molar-refractivity contribution is 5.94. The molecule has 0 aliphatic carbocycles. The maximum atomic E-state index is 12.7. The number of amides is 1. The molecule has 3 aromatic rings. The molecule has 2 heterocycles. The zero-order valence-electron chi connectivity index (χ0n) is 24.9. The van der Waals surface area contributed by atoms with E-state index < -0.39 is 6.10 Å². The van der Waals surface area contributed by atoms with Crippen LogP contribution in [-0.4, -0.2) is 71.4 Å². The van der Waals surface area contributed by atoms with E-state index in [1.54, 1.807) is 12.1 Å². The minimum absolute atomic E-state index is 0.0165. The van der Waals surface area contributed by atoms with Crippen LogP contribution in [0.1, 0.15) is 74.4 Å². The predicted octanol–water partition coefficient (Wildman–Crippen LogP) is 4.35. The summed E-state index contributed by atoms with van der Waals surface area (Å²) in [5, 5.41) is 27.7. The van der Waals surface area contributed by atoms with Crippen LogP contribution in [0.2, 0.25) is 0 Å². The first-order valence-electron chi connectivity index (χ1n) is 15.3. The minimum atomic E-state index is -0.756. The number of phenols is 1. The van der Waals surface area contributed by atoms with Crippen LogP contribution >= 0.6 is 0 Å². The van der Waals surface area contributed by atoms with Crippen molar-refractivity contribution < 1.29 is 19.7 Å². The van der Waals surface area contributed by atoms with Gasteiger partial charge in [0.1, 0.15) is 11.5 Å². The van der Waals surface area contributed by atoms with Crippen molar-refractivity contribution in [2.45, 2.75) is 64.5 Å². The summed E-state index contributed by atoms with van der Waals surface area (Å²) in [4.78, 5) is 29.4. The largest absolute Gasteiger partial charge is 0.506 e. The summed E-state index contributed by atoms with van der Waals surface area (Å²) in [6.45, 7) is 9.15. The van der Waals surface area contributed by atoms with Gasteiger partial charge in [0.05, 0.1) is 18.2 Å². The Morgan fingerprint density at radius 3 is 2.64 bits per heavy atom. The summed E-state index contributed by atoms with van der Waals surface area (Å²) in [5.74, 6) is 1.20. The van der Waals surface area contributed by atoms with E-state index in [4.69, 9.17) is 4.74 Å². The summed E-state index contributed by atoms with van der Waals surface area (Å²) >= 11 is 0. The highest BCUT2D eigenvalue weighted by atomic mass is 16.5. The number of nitrogens with zero attached hydrogens (tertiary/aromatic N) is 1. The number of benzene rings is 2. The quantitative estimate of drug-likeness (QED) is 0.170. The number of unbranched alkanes of at least 4 members (excludes halogenated alkanes) is 3. The fourth-order valence-electron chi connectivity index (χ4n) is 5.53. The fraction of sp³-hybridized carbons (Fsp3) is 0.515. The molecule has 0 radical (unpaired) electrons. The smallest absolute Gasteiger partial charge is 0.251 e. The number of fused-ring (bicyclic) bond motifs is 1. The molecule has 1 aromatic heterocycles. The number of rotatable bonds is 15. The standard InChI is InChI=1S/C33H46N4O5/c1-23(2)37-17-14-24(15-18-37)21-35-33(41)25-8-7-9-26(20-25)42-19-6-4-3-5-16-34-22-30(39)27-10-12-29(38)32-28(27)11-13-31(40)36-32/h7-13,20,23-24,30,34,38-39H,3-6,14-19,21-22H2,1-2H3,(H,35,41)(H,36,40)/t30-/m0/s1. The number of aliphatic hydroxyl groups excluding tert-OH is 1. The third-order valence-electron chi connectivity index (χ3n) is 8.15. The second-order valence-electron chi connectivity index (χ2n) is 11.6. The third kappa shape index (κ3) is 9.05. The molecular formula is C33H46N4O5. The Morgan fingerprint density at radius 1 is 1.07 bits per heavy atom. The van der Waals surface area contributed by atoms with Crippen LogP contribution in [0.4, 0.5) is 0 Å². The number of H-pyrrole nitrogens is 1. The normalized spacial score (nSPS) is 15.2. The van der Waals surface area contributed by atoms with Crippen LogP contribution in [0.3, 0.4) is 0 Å². The monoisotopic (exact) mass is 578 g/mol. The molecule has 42 heavy (non-hydrogen) atoms. The van der Waals surface area contributed by atoms with Gasteiger partial charge in [-0.15, -0.1) is 0 Å². The van der Waals surface area contributed by atoms with E-state index >= 15 is 0 Å². The number of likely N-dealkylation sites (tertiary alicyclic amines) is 1. The molecule has 9 heteroatoms. The maximum Gasteiger partial charge on any atom is 0.251 e. The summed E-state index contributed by atoms with van der Waals surface area (Å²) in [7, 11) is 0. The van der Waals surface area contributed by atoms with E-state index in [-0.39, 0.29) is 17.2 Å². The van der Waals surface area contributed by atoms with E-state index in [1.807, 2.05) is 24.3 Å². The van der Waals surface area contributed by atoms with Crippen LogP contribution < -0.4 is 20.9 Å². The topological polar surface area (TPSA) is 127 Å². The van der Waals surface area contributed by atoms with Gasteiger partial charge in [0.2, 0.25) is 5.56 Å². The Morgan fingerprint density at radius 2 is 1.86 bits per heavy atom. The minimum Gasteiger partial charge on any atom is -0.506 e. The number of phenolic OH excluding ortho intramolecular Hbond substituents is 1. The van der Waals surface area contributed by atoms with Gasteiger partial charge < -0.3 is 35.5 Å². The second-order valence-corrected chi connectivity index (χ2v) is 11.6. The molecule has 5 N–H and O–H groups in total. The van der Waals surface area contributed by atoms with Gasteiger partial charge in [-0.25, -0.2) is 0 Å². The first-order valence-corrected chi connectivity index (χ1v) is 15.3. The molecule has 2 aromatic carbocycles. The number of ether oxygens (including phenoxy) is 1. The lowest BCUT2D eigenvalue weighted by molar-refractivity contribution is 0.0929. The van der Waals surface area contributed by atoms with Gasteiger partial charge in [0, 0.05) is 36.1 Å². The van der Waals surface area contributed by atoms with Crippen LogP contribution in [-0.2, 0) is 0 Å². The fourth-order valence-corrected chi connectivity index (χ4v) is 5.53. The zero-order valence-corrected chi connectivity index (χ0v) is 24.9. The van der Waals surface area contributed by atoms with E-state index in [0.29, 0.717) is 47.1 Å². The van der Waals surface area contributed by atoms with E-state index in [2.05, 4.69) is 34.4 Å². The summed E-state index contributed by atoms with van der Waals surface area (Å²) in [6, 6.07) is 14.2. The first-order chi connectivity index (χ1) is 20.3. The maximum absolute atomic E-state index is 12.7. The molecule has 1 amide bonds. The van der Waals surface area contributed by atoms with Crippen molar-refractivity contribution >= 4 is 16.8 Å². The number of carbonyl (C=O) groups excluding carboxylic acids is 1.